The number of hydrogen-bond acceptors (Lipinski definition) is 5. The number of alkyl carbamates (subject to hydrolysis) is 1. The van der Waals surface area contributed by atoms with E-state index in [1.54, 1.807) is 0 Å². The van der Waals surface area contributed by atoms with Crippen LogP contribution in [0.1, 0.15) is 35.4 Å². The zero-order valence-electron chi connectivity index (χ0n) is 20.6. The number of carboxylic acids is 1. The Hall–Kier alpha value is -4.33. The van der Waals surface area contributed by atoms with Crippen LogP contribution in [-0.4, -0.2) is 54.4 Å². The Morgan fingerprint density at radius 1 is 0.892 bits per heavy atom. The number of ether oxygens (including phenoxy) is 2. The average molecular weight is 503 g/mol. The summed E-state index contributed by atoms with van der Waals surface area (Å²) in [4.78, 5) is 37.5. The van der Waals surface area contributed by atoms with E-state index in [0.29, 0.717) is 6.42 Å². The van der Waals surface area contributed by atoms with Gasteiger partial charge in [-0.25, -0.2) is 14.4 Å². The van der Waals surface area contributed by atoms with Gasteiger partial charge in [0.1, 0.15) is 19.3 Å². The lowest BCUT2D eigenvalue weighted by Gasteiger charge is -2.24. The molecule has 2 N–H and O–H groups in total. The van der Waals surface area contributed by atoms with Crippen LogP contribution in [0.4, 0.5) is 9.59 Å². The molecule has 1 aliphatic carbocycles. The molecule has 1 aliphatic rings. The summed E-state index contributed by atoms with van der Waals surface area (Å²) in [6.45, 7) is 0.473. The molecule has 192 valence electrons. The van der Waals surface area contributed by atoms with Gasteiger partial charge < -0.3 is 19.9 Å². The molecule has 0 saturated carbocycles. The third-order valence-corrected chi connectivity index (χ3v) is 6.51. The highest BCUT2D eigenvalue weighted by molar-refractivity contribution is 5.80. The van der Waals surface area contributed by atoms with Crippen molar-refractivity contribution in [2.45, 2.75) is 31.4 Å². The average Bonchev–Trinajstić information content (AvgIpc) is 3.24. The number of carboxylic acid groups (broad SMARTS) is 1. The molecule has 3 aromatic rings. The molecule has 8 nitrogen and oxygen atoms in total. The summed E-state index contributed by atoms with van der Waals surface area (Å²) < 4.78 is 10.7. The van der Waals surface area contributed by atoms with Crippen LogP contribution in [-0.2, 0) is 20.9 Å². The number of benzene rings is 3. The summed E-state index contributed by atoms with van der Waals surface area (Å²) in [7, 11) is 1.39. The molecule has 0 heterocycles. The lowest BCUT2D eigenvalue weighted by atomic mass is 9.98. The van der Waals surface area contributed by atoms with Crippen molar-refractivity contribution in [1.82, 2.24) is 10.2 Å². The highest BCUT2D eigenvalue weighted by Gasteiger charge is 2.29. The molecular weight excluding hydrogens is 472 g/mol. The van der Waals surface area contributed by atoms with E-state index in [0.717, 1.165) is 32.7 Å². The number of hydrogen-bond donors (Lipinski definition) is 2. The Morgan fingerprint density at radius 3 is 2.11 bits per heavy atom. The molecule has 0 fully saturated rings. The van der Waals surface area contributed by atoms with Crippen molar-refractivity contribution in [1.29, 1.82) is 0 Å². The molecule has 0 radical (unpaired) electrons. The quantitative estimate of drug-likeness (QED) is 0.377. The molecule has 1 unspecified atom stereocenters. The van der Waals surface area contributed by atoms with E-state index in [1.807, 2.05) is 54.6 Å². The van der Waals surface area contributed by atoms with Gasteiger partial charge in [-0.2, -0.15) is 0 Å². The van der Waals surface area contributed by atoms with Crippen molar-refractivity contribution < 1.29 is 29.0 Å². The van der Waals surface area contributed by atoms with E-state index in [1.165, 1.54) is 7.05 Å². The van der Waals surface area contributed by atoms with E-state index in [9.17, 15) is 19.5 Å². The summed E-state index contributed by atoms with van der Waals surface area (Å²) in [5.74, 6) is -1.18. The molecule has 0 bridgehead atoms. The Morgan fingerprint density at radius 2 is 1.49 bits per heavy atom. The van der Waals surface area contributed by atoms with Crippen molar-refractivity contribution in [2.24, 2.45) is 0 Å². The number of fused-ring (bicyclic) bond motifs is 3. The minimum Gasteiger partial charge on any atom is -0.480 e. The Bertz CT molecular complexity index is 1200. The predicted octanol–water partition coefficient (Wildman–Crippen LogP) is 5.03. The minimum atomic E-state index is -1.14. The molecule has 0 spiro atoms. The zero-order chi connectivity index (χ0) is 26.2. The maximum absolute atomic E-state index is 12.3. The van der Waals surface area contributed by atoms with Crippen LogP contribution in [0, 0.1) is 0 Å². The number of amides is 2. The highest BCUT2D eigenvalue weighted by atomic mass is 16.6. The van der Waals surface area contributed by atoms with Crippen LogP contribution in [0.15, 0.2) is 78.9 Å². The molecule has 1 atom stereocenters. The summed E-state index contributed by atoms with van der Waals surface area (Å²) in [6, 6.07) is 24.3. The van der Waals surface area contributed by atoms with Crippen LogP contribution >= 0.6 is 0 Å². The van der Waals surface area contributed by atoms with Crippen LogP contribution in [0.25, 0.3) is 11.1 Å². The van der Waals surface area contributed by atoms with Gasteiger partial charge in [0, 0.05) is 19.5 Å². The van der Waals surface area contributed by atoms with Crippen molar-refractivity contribution >= 4 is 18.2 Å². The SMILES string of the molecule is CN(C(=O)OCc1ccccc1)C(CCCNC(=O)OCC1c2ccccc2-c2ccccc21)C(=O)O. The highest BCUT2D eigenvalue weighted by Crippen LogP contribution is 2.44. The minimum absolute atomic E-state index is 0.0370. The van der Waals surface area contributed by atoms with Gasteiger partial charge in [-0.15, -0.1) is 0 Å². The Balaban J connectivity index is 1.22. The standard InChI is InChI=1S/C29H30N2O6/c1-31(29(35)37-18-20-10-3-2-4-11-20)26(27(32)33)16-9-17-30-28(34)36-19-25-23-14-7-5-12-21(23)22-13-6-8-15-24(22)25/h2-8,10-15,25-26H,9,16-19H2,1H3,(H,30,34)(H,32,33). The van der Waals surface area contributed by atoms with Gasteiger partial charge in [0.25, 0.3) is 0 Å². The normalized spacial score (nSPS) is 12.7. The first-order chi connectivity index (χ1) is 18.0. The second-order valence-electron chi connectivity index (χ2n) is 8.90. The number of likely N-dealkylation sites (N-methyl/N-ethyl adjacent to an activating group) is 1. The van der Waals surface area contributed by atoms with Crippen molar-refractivity contribution in [3.05, 3.63) is 95.6 Å². The second kappa shape index (κ2) is 12.1. The van der Waals surface area contributed by atoms with E-state index >= 15 is 0 Å². The maximum Gasteiger partial charge on any atom is 0.410 e. The third kappa shape index (κ3) is 6.27. The van der Waals surface area contributed by atoms with E-state index in [-0.39, 0.29) is 32.1 Å². The van der Waals surface area contributed by atoms with E-state index < -0.39 is 24.2 Å². The second-order valence-corrected chi connectivity index (χ2v) is 8.90. The predicted molar refractivity (Wildman–Crippen MR) is 138 cm³/mol. The van der Waals surface area contributed by atoms with Gasteiger partial charge in [-0.3, -0.25) is 4.90 Å². The number of nitrogens with zero attached hydrogens (tertiary/aromatic N) is 1. The molecule has 0 aliphatic heterocycles. The third-order valence-electron chi connectivity index (χ3n) is 6.51. The van der Waals surface area contributed by atoms with E-state index in [2.05, 4.69) is 29.6 Å². The zero-order valence-corrected chi connectivity index (χ0v) is 20.6. The van der Waals surface area contributed by atoms with E-state index in [4.69, 9.17) is 9.47 Å². The molecule has 0 aromatic heterocycles. The molecule has 0 saturated heterocycles. The first kappa shape index (κ1) is 25.8. The Labute approximate surface area is 215 Å². The van der Waals surface area contributed by atoms with Gasteiger partial charge in [0.2, 0.25) is 0 Å². The summed E-state index contributed by atoms with van der Waals surface area (Å²) in [5.41, 5.74) is 5.37. The van der Waals surface area contributed by atoms with Crippen LogP contribution in [0.3, 0.4) is 0 Å². The lowest BCUT2D eigenvalue weighted by Crippen LogP contribution is -2.43. The number of carbonyl (C=O) groups is 3. The fourth-order valence-electron chi connectivity index (χ4n) is 4.57. The number of rotatable bonds is 10. The Kier molecular flexibility index (Phi) is 8.40. The van der Waals surface area contributed by atoms with Gasteiger partial charge in [0.05, 0.1) is 0 Å². The van der Waals surface area contributed by atoms with Crippen molar-refractivity contribution in [3.63, 3.8) is 0 Å². The molecule has 8 heteroatoms. The van der Waals surface area contributed by atoms with Crippen LogP contribution in [0.5, 0.6) is 0 Å². The number of nitrogens with one attached hydrogen (secondary N) is 1. The topological polar surface area (TPSA) is 105 Å². The largest absolute Gasteiger partial charge is 0.480 e. The van der Waals surface area contributed by atoms with Gasteiger partial charge in [0.15, 0.2) is 0 Å². The summed E-state index contributed by atoms with van der Waals surface area (Å²) in [5, 5.41) is 12.3. The van der Waals surface area contributed by atoms with Crippen LogP contribution < -0.4 is 5.32 Å². The van der Waals surface area contributed by atoms with Gasteiger partial charge in [-0.05, 0) is 40.7 Å². The lowest BCUT2D eigenvalue weighted by molar-refractivity contribution is -0.142. The first-order valence-electron chi connectivity index (χ1n) is 12.2. The smallest absolute Gasteiger partial charge is 0.410 e. The fraction of sp³-hybridized carbons (Fsp3) is 0.276. The fourth-order valence-corrected chi connectivity index (χ4v) is 4.57. The number of carbonyl (C=O) groups excluding carboxylic acids is 2. The molecule has 2 amide bonds. The molecule has 4 rings (SSSR count). The molecule has 37 heavy (non-hydrogen) atoms. The molecular formula is C29H30N2O6. The first-order valence-corrected chi connectivity index (χ1v) is 12.2. The number of aliphatic carboxylic acids is 1. The molecule has 3 aromatic carbocycles. The van der Waals surface area contributed by atoms with Gasteiger partial charge in [-0.1, -0.05) is 78.9 Å². The summed E-state index contributed by atoms with van der Waals surface area (Å²) >= 11 is 0. The van der Waals surface area contributed by atoms with Crippen molar-refractivity contribution in [2.75, 3.05) is 20.2 Å². The van der Waals surface area contributed by atoms with Crippen molar-refractivity contribution in [3.8, 4) is 11.1 Å². The maximum atomic E-state index is 12.3. The summed E-state index contributed by atoms with van der Waals surface area (Å²) in [6.07, 6.45) is -0.793. The van der Waals surface area contributed by atoms with Gasteiger partial charge >= 0.3 is 18.2 Å². The van der Waals surface area contributed by atoms with Crippen LogP contribution in [0.2, 0.25) is 0 Å². The monoisotopic (exact) mass is 502 g/mol.